The van der Waals surface area contributed by atoms with Crippen molar-refractivity contribution < 1.29 is 39.0 Å². The smallest absolute Gasteiger partial charge is 0.326 e. The first kappa shape index (κ1) is 38.6. The summed E-state index contributed by atoms with van der Waals surface area (Å²) in [6.45, 7) is 0. The van der Waals surface area contributed by atoms with Crippen molar-refractivity contribution in [3.8, 4) is 0 Å². The van der Waals surface area contributed by atoms with E-state index in [9.17, 15) is 33.9 Å². The van der Waals surface area contributed by atoms with Gasteiger partial charge in [0.2, 0.25) is 11.8 Å². The van der Waals surface area contributed by atoms with Crippen molar-refractivity contribution in [3.05, 3.63) is 69.7 Å². The van der Waals surface area contributed by atoms with Gasteiger partial charge in [-0.15, -0.1) is 0 Å². The zero-order chi connectivity index (χ0) is 35.5. The quantitative estimate of drug-likeness (QED) is 0.313. The number of nitrogens with two attached hydrogens (primary N) is 2. The molecule has 6 rings (SSSR count). The Kier molecular flexibility index (Phi) is 14.1. The summed E-state index contributed by atoms with van der Waals surface area (Å²) in [5.41, 5.74) is 12.2. The Hall–Kier alpha value is -3.84. The summed E-state index contributed by atoms with van der Waals surface area (Å²) in [6.07, 6.45) is 7.87. The third kappa shape index (κ3) is 10.1. The van der Waals surface area contributed by atoms with Crippen LogP contribution in [0.3, 0.4) is 0 Å². The number of carboxylic acid groups (broad SMARTS) is 2. The van der Waals surface area contributed by atoms with Gasteiger partial charge < -0.3 is 37.1 Å². The average Bonchev–Trinajstić information content (AvgIpc) is 3.70. The van der Waals surface area contributed by atoms with E-state index in [0.29, 0.717) is 61.4 Å². The Morgan fingerprint density at radius 3 is 1.35 bits per heavy atom. The molecule has 0 aromatic heterocycles. The maximum absolute atomic E-state index is 11.9. The number of amides is 2. The van der Waals surface area contributed by atoms with Crippen molar-refractivity contribution >= 4 is 58.5 Å². The van der Waals surface area contributed by atoms with Crippen LogP contribution in [0.2, 0.25) is 10.0 Å². The minimum absolute atomic E-state index is 0.113. The molecule has 0 unspecified atom stereocenters. The molecule has 4 aliphatic rings. The van der Waals surface area contributed by atoms with E-state index in [0.717, 1.165) is 36.8 Å². The van der Waals surface area contributed by atoms with Crippen LogP contribution in [0, 0.1) is 0 Å². The van der Waals surface area contributed by atoms with Gasteiger partial charge in [0, 0.05) is 35.7 Å². The van der Waals surface area contributed by atoms with Gasteiger partial charge in [-0.25, -0.2) is 4.79 Å². The first-order valence-corrected chi connectivity index (χ1v) is 16.6. The summed E-state index contributed by atoms with van der Waals surface area (Å²) >= 11 is 12.2. The predicted molar refractivity (Wildman–Crippen MR) is 177 cm³/mol. The van der Waals surface area contributed by atoms with Crippen molar-refractivity contribution in [1.82, 2.24) is 10.6 Å². The molecule has 4 atom stereocenters. The fourth-order valence-electron chi connectivity index (χ4n) is 5.91. The molecule has 4 fully saturated rings. The molecule has 2 amide bonds. The third-order valence-electron chi connectivity index (χ3n) is 8.73. The van der Waals surface area contributed by atoms with Gasteiger partial charge in [0.1, 0.15) is 17.1 Å². The third-order valence-corrected chi connectivity index (χ3v) is 9.39. The van der Waals surface area contributed by atoms with Crippen molar-refractivity contribution in [2.45, 2.75) is 100 Å². The normalized spacial score (nSPS) is 26.3. The number of carbonyl (C=O) groups is 6. The summed E-state index contributed by atoms with van der Waals surface area (Å²) < 4.78 is 0. The highest BCUT2D eigenvalue weighted by atomic mass is 35.5. The lowest BCUT2D eigenvalue weighted by molar-refractivity contribution is -0.308. The summed E-state index contributed by atoms with van der Waals surface area (Å²) in [4.78, 5) is 64.7. The molecular formula is C34H41Cl2N4O8-. The van der Waals surface area contributed by atoms with Crippen LogP contribution in [0.15, 0.2) is 48.5 Å². The van der Waals surface area contributed by atoms with Crippen LogP contribution in [0.4, 0.5) is 0 Å². The maximum Gasteiger partial charge on any atom is 0.326 e. The first-order valence-electron chi connectivity index (χ1n) is 15.9. The van der Waals surface area contributed by atoms with Crippen LogP contribution in [0.25, 0.3) is 0 Å². The monoisotopic (exact) mass is 703 g/mol. The maximum atomic E-state index is 11.9. The fraction of sp³-hybridized carbons (Fsp3) is 0.471. The summed E-state index contributed by atoms with van der Waals surface area (Å²) in [6, 6.07) is 13.3. The Morgan fingerprint density at radius 2 is 1.08 bits per heavy atom. The van der Waals surface area contributed by atoms with E-state index in [1.54, 1.807) is 12.1 Å². The van der Waals surface area contributed by atoms with E-state index in [4.69, 9.17) is 39.8 Å². The molecule has 48 heavy (non-hydrogen) atoms. The van der Waals surface area contributed by atoms with Crippen LogP contribution >= 0.6 is 23.2 Å². The second-order valence-corrected chi connectivity index (χ2v) is 13.0. The van der Waals surface area contributed by atoms with E-state index in [1.165, 1.54) is 0 Å². The van der Waals surface area contributed by atoms with Crippen molar-refractivity contribution in [1.29, 1.82) is 0 Å². The molecule has 2 heterocycles. The number of ketones is 2. The number of rotatable bonds is 4. The molecule has 2 aromatic carbocycles. The number of carbonyl (C=O) groups excluding carboxylic acids is 5. The van der Waals surface area contributed by atoms with Crippen molar-refractivity contribution in [3.63, 3.8) is 0 Å². The standard InChI is InChI=1S/2C12H14ClNO.2C5H7NO3/c2*13-10-6-2-1-5-9(10)12(14)8-4-3-7-11(12)15;2*7-4-2-1-3(6-4)5(8)9/h2*1-2,5-6H,3-4,7-8,14H2;2*3H,1-2H2,(H,6,7)(H,8,9)/p-1/t2*12-;2*3-/m1100/s1. The molecule has 2 saturated carbocycles. The average molecular weight is 705 g/mol. The number of hydrogen-bond donors (Lipinski definition) is 5. The number of halogens is 2. The van der Waals surface area contributed by atoms with Gasteiger partial charge in [0.05, 0.1) is 12.0 Å². The highest BCUT2D eigenvalue weighted by Gasteiger charge is 2.39. The molecule has 14 heteroatoms. The SMILES string of the molecule is N[C@@]1(c2ccccc2Cl)CCCCC1=O.N[C@@]1(c2ccccc2Cl)CCCCC1=O.O=C1CC[C@@H](C(=O)O)N1.O=C1CC[C@@H](C(=O)[O-])N1. The highest BCUT2D eigenvalue weighted by molar-refractivity contribution is 6.32. The minimum Gasteiger partial charge on any atom is -0.548 e. The van der Waals surface area contributed by atoms with Gasteiger partial charge in [0.15, 0.2) is 11.6 Å². The molecule has 260 valence electrons. The predicted octanol–water partition coefficient (Wildman–Crippen LogP) is 2.64. The number of carboxylic acids is 2. The first-order chi connectivity index (χ1) is 22.7. The highest BCUT2D eigenvalue weighted by Crippen LogP contribution is 2.36. The molecule has 2 aromatic rings. The van der Waals surface area contributed by atoms with Crippen LogP contribution < -0.4 is 27.2 Å². The Bertz CT molecular complexity index is 1410. The lowest BCUT2D eigenvalue weighted by Gasteiger charge is -2.32. The van der Waals surface area contributed by atoms with Crippen molar-refractivity contribution in [2.75, 3.05) is 0 Å². The van der Waals surface area contributed by atoms with Gasteiger partial charge in [-0.1, -0.05) is 72.4 Å². The summed E-state index contributed by atoms with van der Waals surface area (Å²) in [5.74, 6) is -2.28. The molecule has 2 aliphatic carbocycles. The van der Waals surface area contributed by atoms with Gasteiger partial charge in [-0.2, -0.15) is 0 Å². The number of hydrogen-bond acceptors (Lipinski definition) is 9. The zero-order valence-electron chi connectivity index (χ0n) is 26.5. The largest absolute Gasteiger partial charge is 0.548 e. The fourth-order valence-corrected chi connectivity index (χ4v) is 6.52. The van der Waals surface area contributed by atoms with Crippen LogP contribution in [0.1, 0.15) is 88.2 Å². The zero-order valence-corrected chi connectivity index (χ0v) is 28.0. The Balaban J connectivity index is 0.000000179. The second kappa shape index (κ2) is 17.5. The molecule has 0 radical (unpaired) electrons. The number of nitrogens with one attached hydrogen (secondary N) is 2. The van der Waals surface area contributed by atoms with Gasteiger partial charge in [0.25, 0.3) is 0 Å². The summed E-state index contributed by atoms with van der Waals surface area (Å²) in [5, 5.41) is 24.1. The van der Waals surface area contributed by atoms with E-state index in [2.05, 4.69) is 10.6 Å². The van der Waals surface area contributed by atoms with Gasteiger partial charge in [-0.05, 0) is 61.8 Å². The van der Waals surface area contributed by atoms with E-state index in [-0.39, 0.29) is 23.4 Å². The lowest BCUT2D eigenvalue weighted by atomic mass is 9.76. The number of benzene rings is 2. The van der Waals surface area contributed by atoms with Crippen molar-refractivity contribution in [2.24, 2.45) is 11.5 Å². The van der Waals surface area contributed by atoms with Gasteiger partial charge in [-0.3, -0.25) is 19.2 Å². The van der Waals surface area contributed by atoms with E-state index >= 15 is 0 Å². The summed E-state index contributed by atoms with van der Waals surface area (Å²) in [7, 11) is 0. The molecule has 2 aliphatic heterocycles. The minimum atomic E-state index is -1.19. The molecule has 0 spiro atoms. The second-order valence-electron chi connectivity index (χ2n) is 12.1. The van der Waals surface area contributed by atoms with Gasteiger partial charge >= 0.3 is 5.97 Å². The Labute approximate surface area is 288 Å². The number of Topliss-reactive ketones (excluding diaryl/α,β-unsaturated/α-hetero) is 2. The van der Waals surface area contributed by atoms with Crippen LogP contribution in [0.5, 0.6) is 0 Å². The molecule has 2 saturated heterocycles. The topological polar surface area (TPSA) is 222 Å². The van der Waals surface area contributed by atoms with E-state index < -0.39 is 35.1 Å². The molecule has 12 nitrogen and oxygen atoms in total. The molecule has 0 bridgehead atoms. The van der Waals surface area contributed by atoms with E-state index in [1.807, 2.05) is 36.4 Å². The Morgan fingerprint density at radius 1 is 0.688 bits per heavy atom. The molecule has 7 N–H and O–H groups in total. The molecular weight excluding hydrogens is 663 g/mol. The van der Waals surface area contributed by atoms with Crippen LogP contribution in [-0.4, -0.2) is 52.5 Å². The van der Waals surface area contributed by atoms with Crippen LogP contribution in [-0.2, 0) is 39.8 Å². The number of aliphatic carboxylic acids is 2. The lowest BCUT2D eigenvalue weighted by Crippen LogP contribution is -2.47.